The number of hydrogen-bond donors (Lipinski definition) is 1. The van der Waals surface area contributed by atoms with Gasteiger partial charge in [-0.1, -0.05) is 18.2 Å². The maximum Gasteiger partial charge on any atom is 0.251 e. The van der Waals surface area contributed by atoms with Gasteiger partial charge in [0.05, 0.1) is 5.69 Å². The number of nitrogens with one attached hydrogen (secondary N) is 1. The van der Waals surface area contributed by atoms with Crippen molar-refractivity contribution in [3.8, 4) is 11.3 Å². The van der Waals surface area contributed by atoms with E-state index in [0.29, 0.717) is 12.0 Å². The molecule has 1 aromatic carbocycles. The molecule has 2 aromatic rings. The molecule has 0 radical (unpaired) electrons. The normalized spacial score (nSPS) is 17.5. The van der Waals surface area contributed by atoms with Gasteiger partial charge in [0.2, 0.25) is 0 Å². The highest BCUT2D eigenvalue weighted by Crippen LogP contribution is 2.43. The lowest BCUT2D eigenvalue weighted by molar-refractivity contribution is 0.0951. The molecular formula is C18H18N2O. The molecule has 1 heterocycles. The van der Waals surface area contributed by atoms with Crippen LogP contribution in [0.25, 0.3) is 11.3 Å². The quantitative estimate of drug-likeness (QED) is 0.929. The number of nitrogens with zero attached hydrogens (tertiary/aromatic N) is 1. The fraction of sp³-hybridized carbons (Fsp3) is 0.333. The molecule has 1 amide bonds. The first-order valence-electron chi connectivity index (χ1n) is 7.67. The number of rotatable bonds is 4. The van der Waals surface area contributed by atoms with Crippen molar-refractivity contribution in [2.75, 3.05) is 0 Å². The molecule has 1 aromatic heterocycles. The summed E-state index contributed by atoms with van der Waals surface area (Å²) in [6.07, 6.45) is 6.60. The molecule has 0 aliphatic heterocycles. The molecule has 0 spiro atoms. The second kappa shape index (κ2) is 4.99. The van der Waals surface area contributed by atoms with Crippen LogP contribution in [0.3, 0.4) is 0 Å². The van der Waals surface area contributed by atoms with Crippen LogP contribution in [0.2, 0.25) is 0 Å². The Morgan fingerprint density at radius 1 is 1.05 bits per heavy atom. The highest BCUT2D eigenvalue weighted by atomic mass is 16.1. The lowest BCUT2D eigenvalue weighted by atomic mass is 10.0. The van der Waals surface area contributed by atoms with Crippen LogP contribution in [0.5, 0.6) is 0 Å². The zero-order valence-electron chi connectivity index (χ0n) is 11.9. The van der Waals surface area contributed by atoms with Crippen molar-refractivity contribution in [1.29, 1.82) is 0 Å². The van der Waals surface area contributed by atoms with Crippen LogP contribution in [0.4, 0.5) is 0 Å². The summed E-state index contributed by atoms with van der Waals surface area (Å²) in [6.45, 7) is 0. The maximum absolute atomic E-state index is 12.0. The van der Waals surface area contributed by atoms with E-state index in [1.807, 2.05) is 36.5 Å². The number of hydrogen-bond acceptors (Lipinski definition) is 2. The summed E-state index contributed by atoms with van der Waals surface area (Å²) >= 11 is 0. The molecule has 2 aliphatic rings. The Labute approximate surface area is 124 Å². The third-order valence-electron chi connectivity index (χ3n) is 4.19. The van der Waals surface area contributed by atoms with Gasteiger partial charge in [-0.25, -0.2) is 0 Å². The van der Waals surface area contributed by atoms with Gasteiger partial charge in [0, 0.05) is 23.4 Å². The molecule has 2 saturated carbocycles. The van der Waals surface area contributed by atoms with Crippen LogP contribution in [-0.2, 0) is 0 Å². The van der Waals surface area contributed by atoms with Crippen LogP contribution in [0.1, 0.15) is 47.5 Å². The number of pyridine rings is 1. The number of amides is 1. The number of aromatic nitrogens is 1. The Bertz CT molecular complexity index is 670. The molecule has 4 rings (SSSR count). The highest BCUT2D eigenvalue weighted by Gasteiger charge is 2.27. The monoisotopic (exact) mass is 278 g/mol. The third-order valence-corrected chi connectivity index (χ3v) is 4.19. The van der Waals surface area contributed by atoms with Gasteiger partial charge in [-0.3, -0.25) is 9.78 Å². The van der Waals surface area contributed by atoms with E-state index in [1.165, 1.54) is 18.4 Å². The van der Waals surface area contributed by atoms with Gasteiger partial charge in [0.1, 0.15) is 0 Å². The second-order valence-electron chi connectivity index (χ2n) is 6.04. The fourth-order valence-corrected chi connectivity index (χ4v) is 2.66. The van der Waals surface area contributed by atoms with Crippen LogP contribution < -0.4 is 5.32 Å². The summed E-state index contributed by atoms with van der Waals surface area (Å²) in [4.78, 5) is 16.5. The van der Waals surface area contributed by atoms with Crippen molar-refractivity contribution in [2.24, 2.45) is 0 Å². The van der Waals surface area contributed by atoms with E-state index in [4.69, 9.17) is 0 Å². The van der Waals surface area contributed by atoms with Gasteiger partial charge in [0.15, 0.2) is 0 Å². The Hall–Kier alpha value is -2.16. The van der Waals surface area contributed by atoms with E-state index in [2.05, 4.69) is 16.4 Å². The molecule has 106 valence electrons. The molecule has 0 saturated heterocycles. The topological polar surface area (TPSA) is 42.0 Å². The van der Waals surface area contributed by atoms with Crippen molar-refractivity contribution in [1.82, 2.24) is 10.3 Å². The Balaban J connectivity index is 1.59. The highest BCUT2D eigenvalue weighted by molar-refractivity contribution is 5.95. The van der Waals surface area contributed by atoms with Gasteiger partial charge in [-0.05, 0) is 55.4 Å². The molecule has 2 aliphatic carbocycles. The SMILES string of the molecule is O=C(NC1CC1)c1ccc(-c2ncccc2C2CC2)cc1. The molecule has 3 heteroatoms. The van der Waals surface area contributed by atoms with Gasteiger partial charge in [-0.15, -0.1) is 0 Å². The van der Waals surface area contributed by atoms with Gasteiger partial charge < -0.3 is 5.32 Å². The van der Waals surface area contributed by atoms with E-state index < -0.39 is 0 Å². The summed E-state index contributed by atoms with van der Waals surface area (Å²) in [5.74, 6) is 0.707. The van der Waals surface area contributed by atoms with Crippen LogP contribution in [-0.4, -0.2) is 16.9 Å². The number of carbonyl (C=O) groups excluding carboxylic acids is 1. The van der Waals surface area contributed by atoms with Crippen molar-refractivity contribution >= 4 is 5.91 Å². The van der Waals surface area contributed by atoms with E-state index in [1.54, 1.807) is 0 Å². The summed E-state index contributed by atoms with van der Waals surface area (Å²) in [6, 6.07) is 12.4. The summed E-state index contributed by atoms with van der Waals surface area (Å²) < 4.78 is 0. The van der Waals surface area contributed by atoms with Crippen LogP contribution >= 0.6 is 0 Å². The van der Waals surface area contributed by atoms with E-state index >= 15 is 0 Å². The lowest BCUT2D eigenvalue weighted by Crippen LogP contribution is -2.25. The predicted octanol–water partition coefficient (Wildman–Crippen LogP) is 3.52. The van der Waals surface area contributed by atoms with E-state index in [-0.39, 0.29) is 5.91 Å². The summed E-state index contributed by atoms with van der Waals surface area (Å²) in [5, 5.41) is 3.01. The van der Waals surface area contributed by atoms with Crippen molar-refractivity contribution < 1.29 is 4.79 Å². The van der Waals surface area contributed by atoms with Gasteiger partial charge in [-0.2, -0.15) is 0 Å². The molecule has 3 nitrogen and oxygen atoms in total. The minimum absolute atomic E-state index is 0.0347. The maximum atomic E-state index is 12.0. The van der Waals surface area contributed by atoms with E-state index in [0.717, 1.165) is 29.7 Å². The smallest absolute Gasteiger partial charge is 0.251 e. The zero-order valence-corrected chi connectivity index (χ0v) is 11.9. The van der Waals surface area contributed by atoms with Crippen LogP contribution in [0, 0.1) is 0 Å². The summed E-state index contributed by atoms with van der Waals surface area (Å²) in [7, 11) is 0. The Kier molecular flexibility index (Phi) is 2.99. The fourth-order valence-electron chi connectivity index (χ4n) is 2.66. The molecular weight excluding hydrogens is 260 g/mol. The lowest BCUT2D eigenvalue weighted by Gasteiger charge is -2.08. The molecule has 0 unspecified atom stereocenters. The average molecular weight is 278 g/mol. The average Bonchev–Trinajstić information content (AvgIpc) is 3.41. The first-order valence-corrected chi connectivity index (χ1v) is 7.67. The standard InChI is InChI=1S/C18H18N2O/c21-18(20-15-9-10-15)14-7-5-13(6-8-14)17-16(12-3-4-12)2-1-11-19-17/h1-2,5-8,11-12,15H,3-4,9-10H2,(H,20,21). The zero-order chi connectivity index (χ0) is 14.2. The minimum Gasteiger partial charge on any atom is -0.349 e. The molecule has 2 fully saturated rings. The largest absolute Gasteiger partial charge is 0.349 e. The molecule has 0 atom stereocenters. The van der Waals surface area contributed by atoms with Gasteiger partial charge >= 0.3 is 0 Å². The Morgan fingerprint density at radius 2 is 1.81 bits per heavy atom. The number of carbonyl (C=O) groups is 1. The second-order valence-corrected chi connectivity index (χ2v) is 6.04. The first kappa shape index (κ1) is 12.6. The number of benzene rings is 1. The first-order chi connectivity index (χ1) is 10.3. The third kappa shape index (κ3) is 2.68. The summed E-state index contributed by atoms with van der Waals surface area (Å²) in [5.41, 5.74) is 4.23. The Morgan fingerprint density at radius 3 is 2.48 bits per heavy atom. The molecule has 0 bridgehead atoms. The molecule has 1 N–H and O–H groups in total. The van der Waals surface area contributed by atoms with Crippen LogP contribution in [0.15, 0.2) is 42.6 Å². The van der Waals surface area contributed by atoms with E-state index in [9.17, 15) is 4.79 Å². The predicted molar refractivity (Wildman–Crippen MR) is 82.1 cm³/mol. The van der Waals surface area contributed by atoms with Gasteiger partial charge in [0.25, 0.3) is 5.91 Å². The minimum atomic E-state index is 0.0347. The molecule has 21 heavy (non-hydrogen) atoms. The van der Waals surface area contributed by atoms with Crippen molar-refractivity contribution in [3.05, 3.63) is 53.7 Å². The van der Waals surface area contributed by atoms with Crippen molar-refractivity contribution in [3.63, 3.8) is 0 Å². The van der Waals surface area contributed by atoms with Crippen molar-refractivity contribution in [2.45, 2.75) is 37.6 Å².